The minimum absolute atomic E-state index is 0.0420. The van der Waals surface area contributed by atoms with E-state index in [1.165, 1.54) is 18.9 Å². The molecule has 1 aliphatic carbocycles. The van der Waals surface area contributed by atoms with Crippen LogP contribution in [0.2, 0.25) is 0 Å². The monoisotopic (exact) mass is 287 g/mol. The molecular formula is C16H17NO4. The van der Waals surface area contributed by atoms with Gasteiger partial charge in [-0.15, -0.1) is 0 Å². The highest BCUT2D eigenvalue weighted by Gasteiger charge is 2.28. The van der Waals surface area contributed by atoms with Crippen molar-refractivity contribution in [2.75, 3.05) is 6.61 Å². The van der Waals surface area contributed by atoms with Crippen LogP contribution in [0.1, 0.15) is 19.8 Å². The minimum Gasteiger partial charge on any atom is -0.484 e. The summed E-state index contributed by atoms with van der Waals surface area (Å²) in [5, 5.41) is 3.73. The van der Waals surface area contributed by atoms with E-state index in [4.69, 9.17) is 9.15 Å². The summed E-state index contributed by atoms with van der Waals surface area (Å²) in [6.07, 6.45) is 2.37. The number of carbonyl (C=O) groups excluding carboxylic acids is 1. The van der Waals surface area contributed by atoms with E-state index in [0.29, 0.717) is 17.3 Å². The van der Waals surface area contributed by atoms with Crippen molar-refractivity contribution in [1.82, 2.24) is 5.32 Å². The Morgan fingerprint density at radius 3 is 2.90 bits per heavy atom. The molecule has 0 aliphatic heterocycles. The highest BCUT2D eigenvalue weighted by atomic mass is 16.5. The summed E-state index contributed by atoms with van der Waals surface area (Å²) in [4.78, 5) is 22.9. The lowest BCUT2D eigenvalue weighted by atomic mass is 10.2. The van der Waals surface area contributed by atoms with Gasteiger partial charge in [0.2, 0.25) is 0 Å². The van der Waals surface area contributed by atoms with Crippen LogP contribution in [0.5, 0.6) is 5.75 Å². The maximum atomic E-state index is 11.8. The Morgan fingerprint density at radius 2 is 2.14 bits per heavy atom. The summed E-state index contributed by atoms with van der Waals surface area (Å²) in [6, 6.07) is 8.42. The molecule has 0 saturated heterocycles. The van der Waals surface area contributed by atoms with Gasteiger partial charge in [-0.3, -0.25) is 4.79 Å². The Labute approximate surface area is 121 Å². The predicted molar refractivity (Wildman–Crippen MR) is 78.3 cm³/mol. The third-order valence-corrected chi connectivity index (χ3v) is 3.68. The minimum atomic E-state index is -0.407. The number of fused-ring (bicyclic) bond motifs is 1. The standard InChI is InChI=1S/C16H17NO4/c1-10(11-2-3-11)17-15(18)9-20-13-6-4-12-5-7-16(19)21-14(12)8-13/h4-8,10-11H,2-3,9H2,1H3,(H,17,18)/t10-/m0/s1. The van der Waals surface area contributed by atoms with E-state index in [1.807, 2.05) is 6.92 Å². The fourth-order valence-corrected chi connectivity index (χ4v) is 2.29. The molecule has 1 saturated carbocycles. The molecule has 1 amide bonds. The summed E-state index contributed by atoms with van der Waals surface area (Å²) < 4.78 is 10.5. The van der Waals surface area contributed by atoms with Gasteiger partial charge in [0.05, 0.1) is 0 Å². The molecule has 1 aromatic carbocycles. The van der Waals surface area contributed by atoms with E-state index in [2.05, 4.69) is 5.32 Å². The molecule has 5 nitrogen and oxygen atoms in total. The first kappa shape index (κ1) is 13.7. The van der Waals surface area contributed by atoms with Crippen LogP contribution < -0.4 is 15.7 Å². The quantitative estimate of drug-likeness (QED) is 0.855. The van der Waals surface area contributed by atoms with Crippen molar-refractivity contribution in [2.24, 2.45) is 5.92 Å². The fraction of sp³-hybridized carbons (Fsp3) is 0.375. The summed E-state index contributed by atoms with van der Waals surface area (Å²) >= 11 is 0. The number of amides is 1. The van der Waals surface area contributed by atoms with Crippen molar-refractivity contribution < 1.29 is 13.9 Å². The van der Waals surface area contributed by atoms with Gasteiger partial charge in [0.15, 0.2) is 6.61 Å². The number of carbonyl (C=O) groups is 1. The molecule has 1 heterocycles. The molecule has 1 aliphatic rings. The van der Waals surface area contributed by atoms with Crippen LogP contribution in [0.25, 0.3) is 11.0 Å². The first-order chi connectivity index (χ1) is 10.1. The van der Waals surface area contributed by atoms with Gasteiger partial charge in [-0.05, 0) is 43.9 Å². The summed E-state index contributed by atoms with van der Waals surface area (Å²) in [7, 11) is 0. The van der Waals surface area contributed by atoms with Gasteiger partial charge in [-0.2, -0.15) is 0 Å². The van der Waals surface area contributed by atoms with Crippen LogP contribution in [0.3, 0.4) is 0 Å². The molecule has 0 bridgehead atoms. The molecule has 5 heteroatoms. The van der Waals surface area contributed by atoms with Crippen molar-refractivity contribution in [3.05, 3.63) is 40.8 Å². The second kappa shape index (κ2) is 5.60. The van der Waals surface area contributed by atoms with Crippen molar-refractivity contribution in [1.29, 1.82) is 0 Å². The Kier molecular flexibility index (Phi) is 3.64. The van der Waals surface area contributed by atoms with E-state index in [1.54, 1.807) is 24.3 Å². The molecule has 1 aromatic heterocycles. The highest BCUT2D eigenvalue weighted by Crippen LogP contribution is 2.32. The number of hydrogen-bond acceptors (Lipinski definition) is 4. The molecule has 0 unspecified atom stereocenters. The third kappa shape index (κ3) is 3.42. The van der Waals surface area contributed by atoms with Gasteiger partial charge in [0.25, 0.3) is 5.91 Å². The second-order valence-corrected chi connectivity index (χ2v) is 5.44. The molecule has 0 spiro atoms. The molecule has 3 rings (SSSR count). The lowest BCUT2D eigenvalue weighted by Gasteiger charge is -2.13. The summed E-state index contributed by atoms with van der Waals surface area (Å²) in [5.74, 6) is 0.985. The molecule has 0 radical (unpaired) electrons. The Morgan fingerprint density at radius 1 is 1.38 bits per heavy atom. The van der Waals surface area contributed by atoms with Crippen LogP contribution in [0, 0.1) is 5.92 Å². The predicted octanol–water partition coefficient (Wildman–Crippen LogP) is 2.09. The normalized spacial score (nSPS) is 15.7. The molecule has 110 valence electrons. The van der Waals surface area contributed by atoms with Gasteiger partial charge >= 0.3 is 5.63 Å². The van der Waals surface area contributed by atoms with E-state index in [-0.39, 0.29) is 18.6 Å². The molecule has 1 fully saturated rings. The number of benzene rings is 1. The van der Waals surface area contributed by atoms with Crippen LogP contribution in [-0.4, -0.2) is 18.6 Å². The molecule has 1 N–H and O–H groups in total. The Balaban J connectivity index is 1.61. The largest absolute Gasteiger partial charge is 0.484 e. The first-order valence-electron chi connectivity index (χ1n) is 7.08. The number of ether oxygens (including phenoxy) is 1. The van der Waals surface area contributed by atoms with Gasteiger partial charge in [0.1, 0.15) is 11.3 Å². The summed E-state index contributed by atoms with van der Waals surface area (Å²) in [6.45, 7) is 1.97. The van der Waals surface area contributed by atoms with E-state index >= 15 is 0 Å². The SMILES string of the molecule is C[C@H](NC(=O)COc1ccc2ccc(=O)oc2c1)C1CC1. The maximum absolute atomic E-state index is 11.8. The van der Waals surface area contributed by atoms with E-state index in [9.17, 15) is 9.59 Å². The average molecular weight is 287 g/mol. The zero-order valence-corrected chi connectivity index (χ0v) is 11.8. The Hall–Kier alpha value is -2.30. The van der Waals surface area contributed by atoms with Gasteiger partial charge < -0.3 is 14.5 Å². The third-order valence-electron chi connectivity index (χ3n) is 3.68. The zero-order chi connectivity index (χ0) is 14.8. The van der Waals surface area contributed by atoms with Crippen molar-refractivity contribution in [2.45, 2.75) is 25.8 Å². The molecular weight excluding hydrogens is 270 g/mol. The average Bonchev–Trinajstić information content (AvgIpc) is 3.29. The fourth-order valence-electron chi connectivity index (χ4n) is 2.29. The van der Waals surface area contributed by atoms with Gasteiger partial charge in [-0.1, -0.05) is 0 Å². The zero-order valence-electron chi connectivity index (χ0n) is 11.8. The van der Waals surface area contributed by atoms with Gasteiger partial charge in [0, 0.05) is 23.6 Å². The van der Waals surface area contributed by atoms with E-state index in [0.717, 1.165) is 5.39 Å². The van der Waals surface area contributed by atoms with E-state index < -0.39 is 5.63 Å². The Bertz CT molecular complexity index is 718. The molecule has 2 aromatic rings. The van der Waals surface area contributed by atoms with Crippen molar-refractivity contribution >= 4 is 16.9 Å². The smallest absolute Gasteiger partial charge is 0.336 e. The summed E-state index contributed by atoms with van der Waals surface area (Å²) in [5.41, 5.74) is 0.0439. The molecule has 21 heavy (non-hydrogen) atoms. The topological polar surface area (TPSA) is 68.5 Å². The van der Waals surface area contributed by atoms with Crippen LogP contribution >= 0.6 is 0 Å². The van der Waals surface area contributed by atoms with Crippen molar-refractivity contribution in [3.63, 3.8) is 0 Å². The lowest BCUT2D eigenvalue weighted by molar-refractivity contribution is -0.123. The first-order valence-corrected chi connectivity index (χ1v) is 7.08. The van der Waals surface area contributed by atoms with Gasteiger partial charge in [-0.25, -0.2) is 4.79 Å². The van der Waals surface area contributed by atoms with Crippen LogP contribution in [-0.2, 0) is 4.79 Å². The van der Waals surface area contributed by atoms with Crippen LogP contribution in [0.15, 0.2) is 39.5 Å². The number of hydrogen-bond donors (Lipinski definition) is 1. The molecule has 1 atom stereocenters. The maximum Gasteiger partial charge on any atom is 0.336 e. The highest BCUT2D eigenvalue weighted by molar-refractivity contribution is 5.79. The van der Waals surface area contributed by atoms with Crippen molar-refractivity contribution in [3.8, 4) is 5.75 Å². The number of nitrogens with one attached hydrogen (secondary N) is 1. The second-order valence-electron chi connectivity index (χ2n) is 5.44. The van der Waals surface area contributed by atoms with Crippen LogP contribution in [0.4, 0.5) is 0 Å². The number of rotatable bonds is 5. The lowest BCUT2D eigenvalue weighted by Crippen LogP contribution is -2.37.